The first-order valence-electron chi connectivity index (χ1n) is 15.8. The smallest absolute Gasteiger partial charge is 0.339 e. The molecule has 0 aromatic heterocycles. The summed E-state index contributed by atoms with van der Waals surface area (Å²) in [5, 5.41) is 27.4. The standard InChI is InChI=1S/C37H30N4O10S3.2Na/c1-22-4-12-30(13-5-22)54(49,50)51-29-10-6-26(7-11-29)38-39-27-8-15-32(23(2)18-27)33-16-9-28(19-24(33)3)40-41-36-35(53(46,47)48)21-25-20-31(52(43,44)45)14-17-34(25)37(36)42;;/h4-21,42H,1-3H3,(H,43,44,45)(H,46,47,48);;. The molecule has 0 aliphatic rings. The Morgan fingerprint density at radius 1 is 0.536 bits per heavy atom. The van der Waals surface area contributed by atoms with Crippen molar-refractivity contribution in [2.75, 3.05) is 0 Å². The van der Waals surface area contributed by atoms with Gasteiger partial charge >= 0.3 is 10.1 Å². The maximum absolute atomic E-state index is 12.6. The Hall–Kier alpha value is -3.85. The SMILES string of the molecule is Cc1ccc(S(=O)(=O)Oc2ccc(N=Nc3ccc(-c4ccc(N=Nc5c(S(=O)(=O)O)cc6cc(S(=O)(=O)O)ccc6c5O)cc4C)c(C)c3)cc2)cc1.[Na].[Na]. The van der Waals surface area contributed by atoms with Crippen molar-refractivity contribution in [1.29, 1.82) is 0 Å². The Kier molecular flexibility index (Phi) is 14.2. The Morgan fingerprint density at radius 2 is 1.04 bits per heavy atom. The van der Waals surface area contributed by atoms with Gasteiger partial charge in [0.15, 0.2) is 5.75 Å². The number of phenols is 1. The molecule has 6 rings (SSSR count). The third kappa shape index (κ3) is 10.4. The largest absolute Gasteiger partial charge is 0.505 e. The van der Waals surface area contributed by atoms with Crippen LogP contribution in [0.5, 0.6) is 11.5 Å². The van der Waals surface area contributed by atoms with Crippen LogP contribution in [0, 0.1) is 20.8 Å². The summed E-state index contributed by atoms with van der Waals surface area (Å²) in [4.78, 5) is -1.31. The maximum atomic E-state index is 12.6. The molecule has 0 saturated carbocycles. The molecule has 3 N–H and O–H groups in total. The van der Waals surface area contributed by atoms with Crippen molar-refractivity contribution in [2.45, 2.75) is 35.5 Å². The van der Waals surface area contributed by atoms with Gasteiger partial charge in [-0.2, -0.15) is 40.6 Å². The molecular formula is C37H30N4Na2O10S3. The molecule has 19 heteroatoms. The van der Waals surface area contributed by atoms with Gasteiger partial charge in [-0.15, -0.1) is 5.11 Å². The molecule has 14 nitrogen and oxygen atoms in total. The van der Waals surface area contributed by atoms with Crippen molar-refractivity contribution in [3.63, 3.8) is 0 Å². The fourth-order valence-electron chi connectivity index (χ4n) is 5.48. The van der Waals surface area contributed by atoms with Gasteiger partial charge < -0.3 is 9.29 Å². The quantitative estimate of drug-likeness (QED) is 0.0517. The zero-order chi connectivity index (χ0) is 39.0. The second-order valence-corrected chi connectivity index (χ2v) is 16.5. The van der Waals surface area contributed by atoms with E-state index in [4.69, 9.17) is 4.18 Å². The Bertz CT molecular complexity index is 2850. The van der Waals surface area contributed by atoms with Crippen LogP contribution < -0.4 is 4.18 Å². The molecule has 0 atom stereocenters. The Morgan fingerprint density at radius 3 is 1.55 bits per heavy atom. The van der Waals surface area contributed by atoms with Crippen LogP contribution in [0.15, 0.2) is 144 Å². The van der Waals surface area contributed by atoms with Gasteiger partial charge in [0.05, 0.1) is 22.0 Å². The minimum atomic E-state index is -4.96. The average molecular weight is 833 g/mol. The van der Waals surface area contributed by atoms with Crippen LogP contribution in [0.25, 0.3) is 21.9 Å². The molecule has 0 fully saturated rings. The van der Waals surface area contributed by atoms with Crippen LogP contribution in [0.1, 0.15) is 16.7 Å². The van der Waals surface area contributed by atoms with E-state index < -0.39 is 51.6 Å². The fraction of sp³-hybridized carbons (Fsp3) is 0.0811. The molecule has 6 aromatic rings. The molecule has 2 radical (unpaired) electrons. The summed E-state index contributed by atoms with van der Waals surface area (Å²) in [6.07, 6.45) is 0. The van der Waals surface area contributed by atoms with Crippen molar-refractivity contribution >= 4 is 123 Å². The summed E-state index contributed by atoms with van der Waals surface area (Å²) < 4.78 is 97.2. The van der Waals surface area contributed by atoms with Crippen LogP contribution in [-0.4, -0.2) is 98.6 Å². The van der Waals surface area contributed by atoms with Gasteiger partial charge in [-0.25, -0.2) is 0 Å². The molecule has 0 aliphatic carbocycles. The van der Waals surface area contributed by atoms with Gasteiger partial charge in [-0.1, -0.05) is 29.8 Å². The second-order valence-electron chi connectivity index (χ2n) is 12.1. The summed E-state index contributed by atoms with van der Waals surface area (Å²) in [7, 11) is -13.6. The van der Waals surface area contributed by atoms with Gasteiger partial charge in [0.1, 0.15) is 21.2 Å². The maximum Gasteiger partial charge on any atom is 0.339 e. The van der Waals surface area contributed by atoms with E-state index in [2.05, 4.69) is 20.5 Å². The molecule has 6 aromatic carbocycles. The first-order valence-corrected chi connectivity index (χ1v) is 20.1. The molecule has 0 heterocycles. The van der Waals surface area contributed by atoms with E-state index in [1.165, 1.54) is 24.3 Å². The van der Waals surface area contributed by atoms with Crippen LogP contribution in [-0.2, 0) is 30.4 Å². The van der Waals surface area contributed by atoms with E-state index >= 15 is 0 Å². The van der Waals surface area contributed by atoms with Crippen LogP contribution in [0.4, 0.5) is 22.7 Å². The van der Waals surface area contributed by atoms with Crippen LogP contribution >= 0.6 is 0 Å². The molecular weight excluding hydrogens is 803 g/mol. The molecule has 0 spiro atoms. The van der Waals surface area contributed by atoms with Crippen LogP contribution in [0.2, 0.25) is 0 Å². The predicted molar refractivity (Wildman–Crippen MR) is 212 cm³/mol. The Balaban J connectivity index is 0.00000348. The van der Waals surface area contributed by atoms with E-state index in [-0.39, 0.29) is 80.5 Å². The number of azo groups is 2. The fourth-order valence-corrected chi connectivity index (χ4v) is 7.58. The normalized spacial score (nSPS) is 12.1. The summed E-state index contributed by atoms with van der Waals surface area (Å²) >= 11 is 0. The number of hydrogen-bond donors (Lipinski definition) is 3. The van der Waals surface area contributed by atoms with Gasteiger partial charge in [0, 0.05) is 64.5 Å². The monoisotopic (exact) mass is 832 g/mol. The summed E-state index contributed by atoms with van der Waals surface area (Å²) in [5.41, 5.74) is 5.10. The van der Waals surface area contributed by atoms with E-state index in [1.54, 1.807) is 48.5 Å². The first kappa shape index (κ1) is 44.9. The molecule has 0 saturated heterocycles. The average Bonchev–Trinajstić information content (AvgIpc) is 3.10. The number of phenolic OH excluding ortho intramolecular Hbond substituents is 1. The topological polar surface area (TPSA) is 222 Å². The van der Waals surface area contributed by atoms with Crippen molar-refractivity contribution in [3.05, 3.63) is 126 Å². The Labute approximate surface area is 367 Å². The van der Waals surface area contributed by atoms with Gasteiger partial charge in [-0.05, 0) is 133 Å². The molecule has 56 heavy (non-hydrogen) atoms. The molecule has 278 valence electrons. The summed E-state index contributed by atoms with van der Waals surface area (Å²) in [6, 6.07) is 27.1. The summed E-state index contributed by atoms with van der Waals surface area (Å²) in [6.45, 7) is 5.60. The number of fused-ring (bicyclic) bond motifs is 1. The van der Waals surface area contributed by atoms with Crippen LogP contribution in [0.3, 0.4) is 0 Å². The first-order chi connectivity index (χ1) is 25.4. The number of hydrogen-bond acceptors (Lipinski definition) is 12. The zero-order valence-electron chi connectivity index (χ0n) is 30.6. The van der Waals surface area contributed by atoms with Gasteiger partial charge in [-0.3, -0.25) is 9.11 Å². The zero-order valence-corrected chi connectivity index (χ0v) is 37.1. The van der Waals surface area contributed by atoms with E-state index in [0.29, 0.717) is 17.1 Å². The molecule has 0 bridgehead atoms. The predicted octanol–water partition coefficient (Wildman–Crippen LogP) is 8.47. The van der Waals surface area contributed by atoms with Gasteiger partial charge in [0.2, 0.25) is 0 Å². The molecule has 0 aliphatic heterocycles. The van der Waals surface area contributed by atoms with E-state index in [0.717, 1.165) is 52.1 Å². The number of rotatable bonds is 10. The van der Waals surface area contributed by atoms with Crippen molar-refractivity contribution in [3.8, 4) is 22.6 Å². The van der Waals surface area contributed by atoms with E-state index in [1.807, 2.05) is 32.9 Å². The number of benzene rings is 6. The third-order valence-electron chi connectivity index (χ3n) is 8.21. The number of aryl methyl sites for hydroxylation is 3. The third-order valence-corrected chi connectivity index (χ3v) is 11.2. The summed E-state index contributed by atoms with van der Waals surface area (Å²) in [5.74, 6) is -0.547. The van der Waals surface area contributed by atoms with Crippen molar-refractivity contribution in [2.24, 2.45) is 20.5 Å². The second kappa shape index (κ2) is 17.7. The van der Waals surface area contributed by atoms with Crippen molar-refractivity contribution in [1.82, 2.24) is 0 Å². The molecule has 0 unspecified atom stereocenters. The minimum Gasteiger partial charge on any atom is -0.505 e. The van der Waals surface area contributed by atoms with Crippen molar-refractivity contribution < 1.29 is 43.6 Å². The van der Waals surface area contributed by atoms with E-state index in [9.17, 15) is 39.5 Å². The minimum absolute atomic E-state index is 0. The molecule has 0 amide bonds. The number of aromatic hydroxyl groups is 1. The number of nitrogens with zero attached hydrogens (tertiary/aromatic N) is 4. The van der Waals surface area contributed by atoms with Gasteiger partial charge in [0.25, 0.3) is 20.2 Å².